The fourth-order valence-electron chi connectivity index (χ4n) is 2.25. The van der Waals surface area contributed by atoms with Gasteiger partial charge in [0.15, 0.2) is 0 Å². The number of rotatable bonds is 2. The molecule has 16 heavy (non-hydrogen) atoms. The smallest absolute Gasteiger partial charge is 0.326 e. The van der Waals surface area contributed by atoms with Crippen molar-refractivity contribution in [2.45, 2.75) is 36.7 Å². The van der Waals surface area contributed by atoms with Crippen molar-refractivity contribution in [1.82, 2.24) is 4.90 Å². The van der Waals surface area contributed by atoms with Crippen molar-refractivity contribution in [3.8, 4) is 0 Å². The van der Waals surface area contributed by atoms with Gasteiger partial charge in [-0.1, -0.05) is 0 Å². The summed E-state index contributed by atoms with van der Waals surface area (Å²) in [5.41, 5.74) is 0. The van der Waals surface area contributed by atoms with Crippen molar-refractivity contribution >= 4 is 23.6 Å². The summed E-state index contributed by atoms with van der Waals surface area (Å²) in [6, 6.07) is -0.844. The zero-order valence-corrected chi connectivity index (χ0v) is 9.65. The van der Waals surface area contributed by atoms with E-state index in [2.05, 4.69) is 0 Å². The van der Waals surface area contributed by atoms with Crippen LogP contribution in [0.5, 0.6) is 0 Å². The number of β-amino-alcohol motifs (C(OH)–C–C–N with tert-alkyl or cyclic N) is 1. The van der Waals surface area contributed by atoms with Crippen molar-refractivity contribution in [3.63, 3.8) is 0 Å². The van der Waals surface area contributed by atoms with Gasteiger partial charge in [-0.15, -0.1) is 11.8 Å². The molecule has 2 saturated heterocycles. The van der Waals surface area contributed by atoms with E-state index in [-0.39, 0.29) is 24.1 Å². The fourth-order valence-corrected chi connectivity index (χ4v) is 3.48. The van der Waals surface area contributed by atoms with Gasteiger partial charge < -0.3 is 15.1 Å². The molecule has 0 saturated carbocycles. The third-order valence-corrected chi connectivity index (χ3v) is 4.42. The lowest BCUT2D eigenvalue weighted by molar-refractivity contribution is -0.148. The van der Waals surface area contributed by atoms with E-state index in [4.69, 9.17) is 5.11 Å². The topological polar surface area (TPSA) is 77.8 Å². The van der Waals surface area contributed by atoms with Gasteiger partial charge in [0.05, 0.1) is 11.4 Å². The molecule has 0 radical (unpaired) electrons. The summed E-state index contributed by atoms with van der Waals surface area (Å²) in [6.07, 6.45) is 1.28. The van der Waals surface area contributed by atoms with Crippen LogP contribution in [0.3, 0.4) is 0 Å². The van der Waals surface area contributed by atoms with Crippen LogP contribution in [0.1, 0.15) is 19.3 Å². The van der Waals surface area contributed by atoms with E-state index in [9.17, 15) is 14.7 Å². The molecule has 0 aromatic rings. The fraction of sp³-hybridized carbons (Fsp3) is 0.800. The molecule has 2 aliphatic rings. The number of aliphatic carboxylic acids is 1. The minimum atomic E-state index is -1.02. The molecular weight excluding hydrogens is 230 g/mol. The molecule has 2 heterocycles. The molecular formula is C10H15NO4S. The Labute approximate surface area is 97.8 Å². The number of likely N-dealkylation sites (tertiary alicyclic amines) is 1. The number of aliphatic hydroxyl groups is 1. The van der Waals surface area contributed by atoms with Gasteiger partial charge in [-0.05, 0) is 18.6 Å². The SMILES string of the molecule is O=C(O)[C@@H]1CC(O)CN1C(=O)C1CCCS1. The first-order valence-corrected chi connectivity index (χ1v) is 6.47. The van der Waals surface area contributed by atoms with Gasteiger partial charge in [0, 0.05) is 13.0 Å². The molecule has 2 unspecified atom stereocenters. The molecule has 2 rings (SSSR count). The predicted molar refractivity (Wildman–Crippen MR) is 59.2 cm³/mol. The number of carboxylic acid groups (broad SMARTS) is 1. The van der Waals surface area contributed by atoms with Gasteiger partial charge in [-0.25, -0.2) is 4.79 Å². The van der Waals surface area contributed by atoms with Crippen LogP contribution in [0, 0.1) is 0 Å². The molecule has 2 aliphatic heterocycles. The number of hydrogen-bond donors (Lipinski definition) is 2. The van der Waals surface area contributed by atoms with Gasteiger partial charge in [-0.2, -0.15) is 0 Å². The van der Waals surface area contributed by atoms with Gasteiger partial charge in [0.25, 0.3) is 0 Å². The van der Waals surface area contributed by atoms with E-state index >= 15 is 0 Å². The van der Waals surface area contributed by atoms with Crippen molar-refractivity contribution in [1.29, 1.82) is 0 Å². The van der Waals surface area contributed by atoms with Crippen molar-refractivity contribution in [3.05, 3.63) is 0 Å². The second kappa shape index (κ2) is 4.63. The van der Waals surface area contributed by atoms with E-state index in [1.54, 1.807) is 11.8 Å². The second-order valence-corrected chi connectivity index (χ2v) is 5.55. The summed E-state index contributed by atoms with van der Waals surface area (Å²) < 4.78 is 0. The third-order valence-electron chi connectivity index (χ3n) is 3.05. The van der Waals surface area contributed by atoms with Gasteiger partial charge in [0.1, 0.15) is 6.04 Å². The Morgan fingerprint density at radius 3 is 2.69 bits per heavy atom. The largest absolute Gasteiger partial charge is 0.480 e. The molecule has 2 fully saturated rings. The van der Waals surface area contributed by atoms with E-state index < -0.39 is 18.1 Å². The van der Waals surface area contributed by atoms with E-state index in [1.807, 2.05) is 0 Å². The first-order valence-electron chi connectivity index (χ1n) is 5.42. The molecule has 3 atom stereocenters. The number of carbonyl (C=O) groups excluding carboxylic acids is 1. The first-order chi connectivity index (χ1) is 7.59. The molecule has 2 N–H and O–H groups in total. The van der Waals surface area contributed by atoms with Crippen LogP contribution < -0.4 is 0 Å². The third kappa shape index (κ3) is 2.17. The highest BCUT2D eigenvalue weighted by atomic mass is 32.2. The summed E-state index contributed by atoms with van der Waals surface area (Å²) in [7, 11) is 0. The van der Waals surface area contributed by atoms with Gasteiger partial charge in [0.2, 0.25) is 5.91 Å². The van der Waals surface area contributed by atoms with E-state index in [0.29, 0.717) is 0 Å². The maximum Gasteiger partial charge on any atom is 0.326 e. The minimum absolute atomic E-state index is 0.104. The quantitative estimate of drug-likeness (QED) is 0.712. The number of carbonyl (C=O) groups is 2. The van der Waals surface area contributed by atoms with Gasteiger partial charge in [-0.3, -0.25) is 4.79 Å². The molecule has 0 aliphatic carbocycles. The Balaban J connectivity index is 2.06. The van der Waals surface area contributed by atoms with Gasteiger partial charge >= 0.3 is 5.97 Å². The van der Waals surface area contributed by atoms with Crippen molar-refractivity contribution in [2.75, 3.05) is 12.3 Å². The van der Waals surface area contributed by atoms with E-state index in [0.717, 1.165) is 18.6 Å². The standard InChI is InChI=1S/C10H15NO4S/c12-6-4-7(10(14)15)11(5-6)9(13)8-2-1-3-16-8/h6-8,12H,1-5H2,(H,14,15)/t6?,7-,8?/m0/s1. The normalized spacial score (nSPS) is 34.3. The Kier molecular flexibility index (Phi) is 3.39. The monoisotopic (exact) mass is 245 g/mol. The summed E-state index contributed by atoms with van der Waals surface area (Å²) >= 11 is 1.59. The highest BCUT2D eigenvalue weighted by molar-refractivity contribution is 8.00. The maximum atomic E-state index is 12.0. The molecule has 90 valence electrons. The molecule has 6 heteroatoms. The molecule has 5 nitrogen and oxygen atoms in total. The minimum Gasteiger partial charge on any atom is -0.480 e. The van der Waals surface area contributed by atoms with E-state index in [1.165, 1.54) is 4.90 Å². The van der Waals surface area contributed by atoms with Crippen LogP contribution >= 0.6 is 11.8 Å². The number of hydrogen-bond acceptors (Lipinski definition) is 4. The molecule has 1 amide bonds. The lowest BCUT2D eigenvalue weighted by Gasteiger charge is -2.23. The number of aliphatic hydroxyl groups excluding tert-OH is 1. The maximum absolute atomic E-state index is 12.0. The Hall–Kier alpha value is -0.750. The Morgan fingerprint density at radius 1 is 1.38 bits per heavy atom. The zero-order chi connectivity index (χ0) is 11.7. The van der Waals surface area contributed by atoms with Crippen LogP contribution in [-0.2, 0) is 9.59 Å². The van der Waals surface area contributed by atoms with Crippen LogP contribution in [0.25, 0.3) is 0 Å². The zero-order valence-electron chi connectivity index (χ0n) is 8.83. The average molecular weight is 245 g/mol. The first kappa shape index (κ1) is 11.7. The summed E-state index contributed by atoms with van der Waals surface area (Å²) in [5, 5.41) is 18.3. The molecule has 0 bridgehead atoms. The number of carboxylic acids is 1. The number of amides is 1. The number of thioether (sulfide) groups is 1. The van der Waals surface area contributed by atoms with Crippen molar-refractivity contribution < 1.29 is 19.8 Å². The lowest BCUT2D eigenvalue weighted by Crippen LogP contribution is -2.44. The Morgan fingerprint density at radius 2 is 2.12 bits per heavy atom. The van der Waals surface area contributed by atoms with Crippen LogP contribution in [0.2, 0.25) is 0 Å². The van der Waals surface area contributed by atoms with Crippen LogP contribution in [-0.4, -0.2) is 56.7 Å². The summed E-state index contributed by atoms with van der Waals surface area (Å²) in [4.78, 5) is 24.3. The predicted octanol–water partition coefficient (Wildman–Crippen LogP) is -0.0716. The summed E-state index contributed by atoms with van der Waals surface area (Å²) in [5.74, 6) is -0.177. The Bertz CT molecular complexity index is 303. The molecule has 0 aromatic carbocycles. The highest BCUT2D eigenvalue weighted by Crippen LogP contribution is 2.30. The molecule has 0 aromatic heterocycles. The van der Waals surface area contributed by atoms with Crippen LogP contribution in [0.4, 0.5) is 0 Å². The average Bonchev–Trinajstić information content (AvgIpc) is 2.84. The van der Waals surface area contributed by atoms with Crippen molar-refractivity contribution in [2.24, 2.45) is 0 Å². The van der Waals surface area contributed by atoms with Crippen LogP contribution in [0.15, 0.2) is 0 Å². The molecule has 0 spiro atoms. The number of nitrogens with zero attached hydrogens (tertiary/aromatic N) is 1. The lowest BCUT2D eigenvalue weighted by atomic mass is 10.2. The highest BCUT2D eigenvalue weighted by Gasteiger charge is 2.41. The summed E-state index contributed by atoms with van der Waals surface area (Å²) in [6.45, 7) is 0.160. The second-order valence-electron chi connectivity index (χ2n) is 4.24.